The molecule has 1 aromatic heterocycles. The van der Waals surface area contributed by atoms with Crippen LogP contribution in [0.15, 0.2) is 23.7 Å². The van der Waals surface area contributed by atoms with Crippen LogP contribution in [0.1, 0.15) is 10.6 Å². The van der Waals surface area contributed by atoms with Gasteiger partial charge in [0.2, 0.25) is 5.91 Å². The molecule has 1 N–H and O–H groups in total. The molecule has 1 amide bonds. The number of halogens is 2. The minimum absolute atomic E-state index is 0.133. The average Bonchev–Trinajstić information content (AvgIpc) is 2.70. The minimum atomic E-state index is -0.133. The molecule has 0 aliphatic rings. The minimum Gasteiger partial charge on any atom is -0.324 e. The van der Waals surface area contributed by atoms with Gasteiger partial charge < -0.3 is 5.32 Å². The topological polar surface area (TPSA) is 42.0 Å². The number of hydrogen-bond donors (Lipinski definition) is 1. The van der Waals surface area contributed by atoms with Crippen LogP contribution in [0.25, 0.3) is 0 Å². The number of aryl methyl sites for hydroxylation is 1. The number of hydrogen-bond acceptors (Lipinski definition) is 3. The molecule has 18 heavy (non-hydrogen) atoms. The van der Waals surface area contributed by atoms with E-state index >= 15 is 0 Å². The van der Waals surface area contributed by atoms with Crippen molar-refractivity contribution in [3.8, 4) is 0 Å². The Morgan fingerprint density at radius 3 is 2.89 bits per heavy atom. The van der Waals surface area contributed by atoms with E-state index in [1.54, 1.807) is 23.7 Å². The first-order valence-corrected chi connectivity index (χ1v) is 6.83. The molecule has 0 fully saturated rings. The molecule has 0 spiro atoms. The Morgan fingerprint density at radius 2 is 2.22 bits per heavy atom. The van der Waals surface area contributed by atoms with Crippen molar-refractivity contribution in [3.05, 3.63) is 44.3 Å². The molecule has 0 radical (unpaired) electrons. The van der Waals surface area contributed by atoms with E-state index in [1.165, 1.54) is 11.3 Å². The second kappa shape index (κ2) is 5.69. The summed E-state index contributed by atoms with van der Waals surface area (Å²) < 4.78 is 0. The van der Waals surface area contributed by atoms with Crippen LogP contribution in [0.4, 0.5) is 5.69 Å². The van der Waals surface area contributed by atoms with Crippen molar-refractivity contribution < 1.29 is 4.79 Å². The SMILES string of the molecule is Cc1ncsc1CC(=O)Nc1cc(Cl)ccc1Cl. The van der Waals surface area contributed by atoms with Crippen LogP contribution in [0.2, 0.25) is 10.0 Å². The molecular formula is C12H10Cl2N2OS. The summed E-state index contributed by atoms with van der Waals surface area (Å²) in [6.45, 7) is 1.88. The Morgan fingerprint density at radius 1 is 1.44 bits per heavy atom. The lowest BCUT2D eigenvalue weighted by molar-refractivity contribution is -0.115. The van der Waals surface area contributed by atoms with Gasteiger partial charge in [0.1, 0.15) is 0 Å². The van der Waals surface area contributed by atoms with Crippen molar-refractivity contribution in [2.45, 2.75) is 13.3 Å². The monoisotopic (exact) mass is 300 g/mol. The lowest BCUT2D eigenvalue weighted by atomic mass is 10.2. The predicted molar refractivity (Wildman–Crippen MR) is 75.6 cm³/mol. The van der Waals surface area contributed by atoms with E-state index < -0.39 is 0 Å². The zero-order chi connectivity index (χ0) is 13.1. The summed E-state index contributed by atoms with van der Waals surface area (Å²) >= 11 is 13.3. The maximum Gasteiger partial charge on any atom is 0.229 e. The molecule has 2 aromatic rings. The fourth-order valence-corrected chi connectivity index (χ4v) is 2.54. The molecule has 0 unspecified atom stereocenters. The third kappa shape index (κ3) is 3.22. The number of nitrogens with zero attached hydrogens (tertiary/aromatic N) is 1. The number of amides is 1. The van der Waals surface area contributed by atoms with Gasteiger partial charge in [0.25, 0.3) is 0 Å². The number of benzene rings is 1. The lowest BCUT2D eigenvalue weighted by Crippen LogP contribution is -2.14. The van der Waals surface area contributed by atoms with Gasteiger partial charge in [0.05, 0.1) is 28.3 Å². The fourth-order valence-electron chi connectivity index (χ4n) is 1.43. The highest BCUT2D eigenvalue weighted by Crippen LogP contribution is 2.25. The highest BCUT2D eigenvalue weighted by molar-refractivity contribution is 7.09. The summed E-state index contributed by atoms with van der Waals surface area (Å²) in [6.07, 6.45) is 0.291. The van der Waals surface area contributed by atoms with Gasteiger partial charge in [0, 0.05) is 9.90 Å². The average molecular weight is 301 g/mol. The summed E-state index contributed by atoms with van der Waals surface area (Å²) in [5.74, 6) is -0.133. The first-order valence-electron chi connectivity index (χ1n) is 5.20. The third-order valence-electron chi connectivity index (χ3n) is 2.37. The van der Waals surface area contributed by atoms with Gasteiger partial charge in [-0.2, -0.15) is 0 Å². The molecule has 1 aromatic carbocycles. The zero-order valence-electron chi connectivity index (χ0n) is 9.54. The van der Waals surface area contributed by atoms with Crippen LogP contribution in [0.3, 0.4) is 0 Å². The Balaban J connectivity index is 2.08. The van der Waals surface area contributed by atoms with Crippen LogP contribution in [0.5, 0.6) is 0 Å². The lowest BCUT2D eigenvalue weighted by Gasteiger charge is -2.07. The molecule has 2 rings (SSSR count). The van der Waals surface area contributed by atoms with Gasteiger partial charge in [-0.25, -0.2) is 4.98 Å². The molecule has 0 saturated heterocycles. The predicted octanol–water partition coefficient (Wildman–Crippen LogP) is 3.94. The Labute approximate surface area is 119 Å². The Bertz CT molecular complexity index is 583. The molecule has 6 heteroatoms. The number of nitrogens with one attached hydrogen (secondary N) is 1. The van der Waals surface area contributed by atoms with Crippen LogP contribution in [-0.2, 0) is 11.2 Å². The maximum atomic E-state index is 11.9. The van der Waals surface area contributed by atoms with Crippen molar-refractivity contribution in [3.63, 3.8) is 0 Å². The number of carbonyl (C=O) groups is 1. The highest BCUT2D eigenvalue weighted by atomic mass is 35.5. The summed E-state index contributed by atoms with van der Waals surface area (Å²) in [5, 5.41) is 3.74. The van der Waals surface area contributed by atoms with Crippen LogP contribution < -0.4 is 5.32 Å². The van der Waals surface area contributed by atoms with E-state index in [1.807, 2.05) is 6.92 Å². The van der Waals surface area contributed by atoms with Crippen molar-refractivity contribution in [1.82, 2.24) is 4.98 Å². The molecule has 0 bridgehead atoms. The zero-order valence-corrected chi connectivity index (χ0v) is 11.9. The van der Waals surface area contributed by atoms with E-state index in [2.05, 4.69) is 10.3 Å². The molecule has 3 nitrogen and oxygen atoms in total. The van der Waals surface area contributed by atoms with E-state index in [0.717, 1.165) is 10.6 Å². The standard InChI is InChI=1S/C12H10Cl2N2OS/c1-7-11(18-6-15-7)5-12(17)16-10-4-8(13)2-3-9(10)14/h2-4,6H,5H2,1H3,(H,16,17). The van der Waals surface area contributed by atoms with Crippen LogP contribution >= 0.6 is 34.5 Å². The second-order valence-electron chi connectivity index (χ2n) is 3.71. The second-order valence-corrected chi connectivity index (χ2v) is 5.49. The Hall–Kier alpha value is -1.10. The summed E-state index contributed by atoms with van der Waals surface area (Å²) in [6, 6.07) is 4.95. The number of thiazole rings is 1. The molecule has 94 valence electrons. The van der Waals surface area contributed by atoms with Gasteiger partial charge in [-0.3, -0.25) is 4.79 Å². The number of rotatable bonds is 3. The quantitative estimate of drug-likeness (QED) is 0.933. The molecule has 0 atom stereocenters. The van der Waals surface area contributed by atoms with Crippen molar-refractivity contribution in [2.75, 3.05) is 5.32 Å². The smallest absolute Gasteiger partial charge is 0.229 e. The van der Waals surface area contributed by atoms with E-state index in [4.69, 9.17) is 23.2 Å². The first kappa shape index (κ1) is 13.3. The van der Waals surface area contributed by atoms with Crippen molar-refractivity contribution >= 4 is 46.1 Å². The van der Waals surface area contributed by atoms with E-state index in [0.29, 0.717) is 22.2 Å². The third-order valence-corrected chi connectivity index (χ3v) is 3.87. The molecule has 0 saturated carbocycles. The molecular weight excluding hydrogens is 291 g/mol. The number of carbonyl (C=O) groups excluding carboxylic acids is 1. The van der Waals surface area contributed by atoms with Gasteiger partial charge in [-0.15, -0.1) is 11.3 Å². The largest absolute Gasteiger partial charge is 0.324 e. The van der Waals surface area contributed by atoms with Gasteiger partial charge in [-0.05, 0) is 25.1 Å². The van der Waals surface area contributed by atoms with Crippen LogP contribution in [0, 0.1) is 6.92 Å². The summed E-state index contributed by atoms with van der Waals surface area (Å²) in [5.41, 5.74) is 3.13. The van der Waals surface area contributed by atoms with Gasteiger partial charge in [-0.1, -0.05) is 23.2 Å². The fraction of sp³-hybridized carbons (Fsp3) is 0.167. The molecule has 0 aliphatic heterocycles. The number of anilines is 1. The van der Waals surface area contributed by atoms with E-state index in [9.17, 15) is 4.79 Å². The molecule has 1 heterocycles. The first-order chi connectivity index (χ1) is 8.56. The normalized spacial score (nSPS) is 10.4. The maximum absolute atomic E-state index is 11.9. The van der Waals surface area contributed by atoms with E-state index in [-0.39, 0.29) is 5.91 Å². The van der Waals surface area contributed by atoms with Crippen LogP contribution in [-0.4, -0.2) is 10.9 Å². The molecule has 0 aliphatic carbocycles. The van der Waals surface area contributed by atoms with Crippen molar-refractivity contribution in [2.24, 2.45) is 0 Å². The van der Waals surface area contributed by atoms with Crippen molar-refractivity contribution in [1.29, 1.82) is 0 Å². The number of aromatic nitrogens is 1. The van der Waals surface area contributed by atoms with Gasteiger partial charge in [0.15, 0.2) is 0 Å². The highest BCUT2D eigenvalue weighted by Gasteiger charge is 2.10. The Kier molecular flexibility index (Phi) is 4.22. The van der Waals surface area contributed by atoms with Gasteiger partial charge >= 0.3 is 0 Å². The summed E-state index contributed by atoms with van der Waals surface area (Å²) in [4.78, 5) is 16.9. The summed E-state index contributed by atoms with van der Waals surface area (Å²) in [7, 11) is 0.